The van der Waals surface area contributed by atoms with Crippen molar-refractivity contribution in [2.45, 2.75) is 0 Å². The van der Waals surface area contributed by atoms with Crippen LogP contribution in [0.25, 0.3) is 4.91 Å². The molecule has 0 aromatic heterocycles. The number of carbonyl (C=O) groups is 1. The number of para-hydroxylation sites is 2. The fourth-order valence-corrected chi connectivity index (χ4v) is 5.24. The SMILES string of the molecule is O=C(O)C[S+]1CN2C(=C1c1ccc(Cl)cc1)Nc1ccccc12. The highest BCUT2D eigenvalue weighted by Crippen LogP contribution is 2.46. The van der Waals surface area contributed by atoms with Crippen LogP contribution in [0.4, 0.5) is 11.4 Å². The van der Waals surface area contributed by atoms with Crippen LogP contribution in [-0.4, -0.2) is 22.7 Å². The van der Waals surface area contributed by atoms with Crippen molar-refractivity contribution in [1.29, 1.82) is 0 Å². The second kappa shape index (κ2) is 5.51. The van der Waals surface area contributed by atoms with Crippen LogP contribution in [-0.2, 0) is 15.7 Å². The predicted molar refractivity (Wildman–Crippen MR) is 95.7 cm³/mol. The first-order chi connectivity index (χ1) is 11.1. The molecule has 23 heavy (non-hydrogen) atoms. The monoisotopic (exact) mass is 345 g/mol. The molecule has 1 atom stereocenters. The molecule has 0 saturated carbocycles. The van der Waals surface area contributed by atoms with Gasteiger partial charge in [0.15, 0.2) is 11.7 Å². The number of aliphatic carboxylic acids is 1. The van der Waals surface area contributed by atoms with Crippen LogP contribution in [0.1, 0.15) is 5.56 Å². The lowest BCUT2D eigenvalue weighted by molar-refractivity contribution is -0.133. The van der Waals surface area contributed by atoms with Gasteiger partial charge < -0.3 is 10.4 Å². The molecule has 116 valence electrons. The summed E-state index contributed by atoms with van der Waals surface area (Å²) in [5.74, 6) is 1.07. The maximum absolute atomic E-state index is 11.3. The van der Waals surface area contributed by atoms with E-state index in [-0.39, 0.29) is 16.6 Å². The van der Waals surface area contributed by atoms with Crippen LogP contribution in [0.5, 0.6) is 0 Å². The summed E-state index contributed by atoms with van der Waals surface area (Å²) in [5, 5.41) is 13.4. The third-order valence-corrected chi connectivity index (χ3v) is 6.33. The zero-order chi connectivity index (χ0) is 16.0. The van der Waals surface area contributed by atoms with Gasteiger partial charge in [-0.25, -0.2) is 4.79 Å². The number of fused-ring (bicyclic) bond motifs is 3. The summed E-state index contributed by atoms with van der Waals surface area (Å²) >= 11 is 5.99. The number of carboxylic acid groups (broad SMARTS) is 1. The van der Waals surface area contributed by atoms with E-state index < -0.39 is 5.97 Å². The third kappa shape index (κ3) is 2.46. The minimum atomic E-state index is -0.769. The van der Waals surface area contributed by atoms with Gasteiger partial charge in [0.05, 0.1) is 22.3 Å². The normalized spacial score (nSPS) is 18.7. The Balaban J connectivity index is 1.82. The highest BCUT2D eigenvalue weighted by Gasteiger charge is 2.46. The van der Waals surface area contributed by atoms with E-state index in [1.54, 1.807) is 0 Å². The van der Waals surface area contributed by atoms with Crippen LogP contribution in [0.2, 0.25) is 5.02 Å². The van der Waals surface area contributed by atoms with E-state index in [1.807, 2.05) is 42.5 Å². The summed E-state index contributed by atoms with van der Waals surface area (Å²) in [4.78, 5) is 14.5. The lowest BCUT2D eigenvalue weighted by atomic mass is 10.2. The minimum Gasteiger partial charge on any atom is -0.478 e. The average molecular weight is 346 g/mol. The summed E-state index contributed by atoms with van der Waals surface area (Å²) in [6.45, 7) is 0. The molecule has 0 spiro atoms. The Labute approximate surface area is 141 Å². The lowest BCUT2D eigenvalue weighted by Crippen LogP contribution is -2.23. The van der Waals surface area contributed by atoms with Crippen LogP contribution in [0.15, 0.2) is 54.4 Å². The molecule has 2 heterocycles. The molecule has 2 aromatic rings. The molecule has 4 rings (SSSR count). The van der Waals surface area contributed by atoms with Gasteiger partial charge in [0.2, 0.25) is 10.7 Å². The standard InChI is InChI=1S/C17H13ClN2O2S/c18-12-7-5-11(6-8-12)16-17-19-13-3-1-2-4-14(13)20(17)10-23(16)9-15(21)22/h1-8,19H,9-10H2/p+1. The molecule has 2 N–H and O–H groups in total. The van der Waals surface area contributed by atoms with Crippen molar-refractivity contribution in [2.75, 3.05) is 21.8 Å². The van der Waals surface area contributed by atoms with E-state index in [0.29, 0.717) is 10.9 Å². The van der Waals surface area contributed by atoms with E-state index in [9.17, 15) is 9.90 Å². The molecule has 4 nitrogen and oxygen atoms in total. The number of hydrogen-bond donors (Lipinski definition) is 2. The fourth-order valence-electron chi connectivity index (χ4n) is 2.97. The molecule has 0 amide bonds. The van der Waals surface area contributed by atoms with Crippen LogP contribution >= 0.6 is 11.6 Å². The molecule has 0 fully saturated rings. The van der Waals surface area contributed by atoms with E-state index in [4.69, 9.17) is 11.6 Å². The average Bonchev–Trinajstić information content (AvgIpc) is 3.03. The number of rotatable bonds is 3. The smallest absolute Gasteiger partial charge is 0.354 e. The number of halogens is 1. The van der Waals surface area contributed by atoms with Crippen molar-refractivity contribution >= 4 is 44.7 Å². The Morgan fingerprint density at radius 1 is 1.22 bits per heavy atom. The van der Waals surface area contributed by atoms with Crippen molar-refractivity contribution in [1.82, 2.24) is 0 Å². The minimum absolute atomic E-state index is 0.141. The summed E-state index contributed by atoms with van der Waals surface area (Å²) in [7, 11) is -0.368. The first-order valence-corrected chi connectivity index (χ1v) is 9.10. The summed E-state index contributed by atoms with van der Waals surface area (Å²) in [6, 6.07) is 15.7. The van der Waals surface area contributed by atoms with Gasteiger partial charge >= 0.3 is 5.97 Å². The zero-order valence-corrected chi connectivity index (χ0v) is 13.7. The Morgan fingerprint density at radius 3 is 2.70 bits per heavy atom. The van der Waals surface area contributed by atoms with Crippen molar-refractivity contribution < 1.29 is 9.90 Å². The molecule has 0 bridgehead atoms. The van der Waals surface area contributed by atoms with Gasteiger partial charge in [0.25, 0.3) is 0 Å². The number of nitrogens with one attached hydrogen (secondary N) is 1. The molecular weight excluding hydrogens is 332 g/mol. The maximum atomic E-state index is 11.3. The predicted octanol–water partition coefficient (Wildman–Crippen LogP) is 3.57. The Hall–Kier alpha value is -2.11. The van der Waals surface area contributed by atoms with Crippen molar-refractivity contribution in [2.24, 2.45) is 0 Å². The molecule has 0 aliphatic carbocycles. The molecule has 0 saturated heterocycles. The van der Waals surface area contributed by atoms with E-state index in [1.165, 1.54) is 0 Å². The van der Waals surface area contributed by atoms with Gasteiger partial charge in [-0.05, 0) is 36.4 Å². The van der Waals surface area contributed by atoms with Gasteiger partial charge in [-0.1, -0.05) is 23.7 Å². The molecule has 0 radical (unpaired) electrons. The maximum Gasteiger partial charge on any atom is 0.354 e. The Kier molecular flexibility index (Phi) is 3.47. The number of carboxylic acids is 1. The quantitative estimate of drug-likeness (QED) is 0.835. The first kappa shape index (κ1) is 14.5. The highest BCUT2D eigenvalue weighted by molar-refractivity contribution is 8.06. The van der Waals surface area contributed by atoms with E-state index in [2.05, 4.69) is 16.3 Å². The molecular formula is C17H14ClN2O2S+. The van der Waals surface area contributed by atoms with E-state index in [0.717, 1.165) is 27.7 Å². The summed E-state index contributed by atoms with van der Waals surface area (Å²) in [6.07, 6.45) is 0. The first-order valence-electron chi connectivity index (χ1n) is 7.16. The third-order valence-electron chi connectivity index (χ3n) is 3.91. The zero-order valence-electron chi connectivity index (χ0n) is 12.1. The lowest BCUT2D eigenvalue weighted by Gasteiger charge is -2.09. The van der Waals surface area contributed by atoms with Crippen molar-refractivity contribution in [3.8, 4) is 0 Å². The second-order valence-corrected chi connectivity index (χ2v) is 7.79. The molecule has 2 aliphatic rings. The molecule has 2 aromatic carbocycles. The van der Waals surface area contributed by atoms with Crippen LogP contribution in [0.3, 0.4) is 0 Å². The van der Waals surface area contributed by atoms with Gasteiger partial charge in [-0.2, -0.15) is 0 Å². The van der Waals surface area contributed by atoms with Gasteiger partial charge in [-0.15, -0.1) is 0 Å². The van der Waals surface area contributed by atoms with Crippen LogP contribution in [0, 0.1) is 0 Å². The van der Waals surface area contributed by atoms with Gasteiger partial charge in [-0.3, -0.25) is 4.90 Å². The van der Waals surface area contributed by atoms with Crippen LogP contribution < -0.4 is 10.2 Å². The number of nitrogens with zero attached hydrogens (tertiary/aromatic N) is 1. The number of hydrogen-bond acceptors (Lipinski definition) is 3. The highest BCUT2D eigenvalue weighted by atomic mass is 35.5. The Morgan fingerprint density at radius 2 is 1.96 bits per heavy atom. The molecule has 2 aliphatic heterocycles. The summed E-state index contributed by atoms with van der Waals surface area (Å²) in [5.41, 5.74) is 3.19. The molecule has 6 heteroatoms. The second-order valence-electron chi connectivity index (χ2n) is 5.41. The number of benzene rings is 2. The van der Waals surface area contributed by atoms with Gasteiger partial charge in [0, 0.05) is 10.6 Å². The van der Waals surface area contributed by atoms with Crippen molar-refractivity contribution in [3.05, 3.63) is 64.9 Å². The Bertz CT molecular complexity index is 820. The number of anilines is 2. The van der Waals surface area contributed by atoms with Crippen molar-refractivity contribution in [3.63, 3.8) is 0 Å². The fraction of sp³-hybridized carbons (Fsp3) is 0.118. The van der Waals surface area contributed by atoms with Gasteiger partial charge in [0.1, 0.15) is 0 Å². The molecule has 1 unspecified atom stereocenters. The largest absolute Gasteiger partial charge is 0.478 e. The van der Waals surface area contributed by atoms with E-state index >= 15 is 0 Å². The summed E-state index contributed by atoms with van der Waals surface area (Å²) < 4.78 is 0. The topological polar surface area (TPSA) is 52.6 Å².